The summed E-state index contributed by atoms with van der Waals surface area (Å²) in [6.07, 6.45) is 6.68. The van der Waals surface area contributed by atoms with Gasteiger partial charge in [0.25, 0.3) is 0 Å². The van der Waals surface area contributed by atoms with E-state index in [1.54, 1.807) is 0 Å². The molecule has 1 atom stereocenters. The first-order valence-electron chi connectivity index (χ1n) is 7.92. The molecular weight excluding hydrogens is 268 g/mol. The van der Waals surface area contributed by atoms with Crippen LogP contribution in [0.5, 0.6) is 0 Å². The summed E-state index contributed by atoms with van der Waals surface area (Å²) < 4.78 is 0. The van der Waals surface area contributed by atoms with E-state index in [2.05, 4.69) is 29.3 Å². The molecule has 0 heterocycles. The Bertz CT molecular complexity index is 402. The molecule has 1 aromatic carbocycles. The first kappa shape index (κ1) is 15.8. The molecule has 3 heteroatoms. The van der Waals surface area contributed by atoms with Crippen LogP contribution in [0.4, 0.5) is 0 Å². The van der Waals surface area contributed by atoms with E-state index in [1.807, 2.05) is 19.2 Å². The molecule has 20 heavy (non-hydrogen) atoms. The molecule has 0 spiro atoms. The number of benzene rings is 1. The van der Waals surface area contributed by atoms with Crippen molar-refractivity contribution in [2.75, 3.05) is 20.1 Å². The Hall–Kier alpha value is -0.570. The average Bonchev–Trinajstić information content (AvgIpc) is 2.99. The Kier molecular flexibility index (Phi) is 6.34. The van der Waals surface area contributed by atoms with Gasteiger partial charge in [0.2, 0.25) is 0 Å². The summed E-state index contributed by atoms with van der Waals surface area (Å²) in [5.41, 5.74) is 1.22. The molecule has 0 aromatic heterocycles. The first-order valence-corrected chi connectivity index (χ1v) is 8.29. The molecular formula is C17H27ClN2. The number of hydrogen-bond acceptors (Lipinski definition) is 2. The van der Waals surface area contributed by atoms with Gasteiger partial charge in [-0.3, -0.25) is 0 Å². The third-order valence-electron chi connectivity index (χ3n) is 4.58. The molecule has 0 radical (unpaired) electrons. The summed E-state index contributed by atoms with van der Waals surface area (Å²) in [6.45, 7) is 4.59. The fourth-order valence-corrected chi connectivity index (χ4v) is 3.64. The molecule has 1 aliphatic rings. The summed E-state index contributed by atoms with van der Waals surface area (Å²) in [5.74, 6) is 0. The Labute approximate surface area is 128 Å². The van der Waals surface area contributed by atoms with Gasteiger partial charge in [0.1, 0.15) is 0 Å². The lowest BCUT2D eigenvalue weighted by molar-refractivity contribution is 0.199. The largest absolute Gasteiger partial charge is 0.313 e. The maximum Gasteiger partial charge on any atom is 0.0453 e. The maximum absolute atomic E-state index is 6.32. The Balaban J connectivity index is 1.94. The van der Waals surface area contributed by atoms with Gasteiger partial charge in [-0.05, 0) is 44.5 Å². The summed E-state index contributed by atoms with van der Waals surface area (Å²) in [6, 6.07) is 9.34. The molecule has 1 unspecified atom stereocenters. The predicted molar refractivity (Wildman–Crippen MR) is 87.4 cm³/mol. The molecule has 1 aliphatic carbocycles. The highest BCUT2D eigenvalue weighted by Crippen LogP contribution is 2.27. The van der Waals surface area contributed by atoms with Crippen molar-refractivity contribution in [2.45, 2.75) is 51.1 Å². The van der Waals surface area contributed by atoms with E-state index >= 15 is 0 Å². The third kappa shape index (κ3) is 3.97. The lowest BCUT2D eigenvalue weighted by Gasteiger charge is -2.29. The van der Waals surface area contributed by atoms with Gasteiger partial charge >= 0.3 is 0 Å². The van der Waals surface area contributed by atoms with Crippen molar-refractivity contribution in [1.29, 1.82) is 0 Å². The van der Waals surface area contributed by atoms with Crippen molar-refractivity contribution in [1.82, 2.24) is 10.2 Å². The van der Waals surface area contributed by atoms with Crippen LogP contribution in [0.3, 0.4) is 0 Å². The monoisotopic (exact) mass is 294 g/mol. The van der Waals surface area contributed by atoms with Gasteiger partial charge in [0.05, 0.1) is 0 Å². The number of nitrogens with zero attached hydrogens (tertiary/aromatic N) is 1. The van der Waals surface area contributed by atoms with Crippen molar-refractivity contribution < 1.29 is 0 Å². The second-order valence-electron chi connectivity index (χ2n) is 5.72. The normalized spacial score (nSPS) is 17.8. The summed E-state index contributed by atoms with van der Waals surface area (Å²) >= 11 is 6.32. The van der Waals surface area contributed by atoms with Crippen LogP contribution in [0.2, 0.25) is 5.02 Å². The lowest BCUT2D eigenvalue weighted by atomic mass is 10.0. The van der Waals surface area contributed by atoms with E-state index in [1.165, 1.54) is 31.2 Å². The minimum Gasteiger partial charge on any atom is -0.313 e. The van der Waals surface area contributed by atoms with Crippen molar-refractivity contribution in [2.24, 2.45) is 0 Å². The van der Waals surface area contributed by atoms with Gasteiger partial charge in [-0.1, -0.05) is 49.6 Å². The molecule has 1 N–H and O–H groups in total. The second-order valence-corrected chi connectivity index (χ2v) is 6.13. The van der Waals surface area contributed by atoms with Crippen LogP contribution in [0.25, 0.3) is 0 Å². The molecule has 112 valence electrons. The van der Waals surface area contributed by atoms with Crippen LogP contribution < -0.4 is 5.32 Å². The summed E-state index contributed by atoms with van der Waals surface area (Å²) in [4.78, 5) is 2.65. The molecule has 0 saturated heterocycles. The van der Waals surface area contributed by atoms with Gasteiger partial charge in [-0.25, -0.2) is 0 Å². The second kappa shape index (κ2) is 8.02. The smallest absolute Gasteiger partial charge is 0.0453 e. The first-order chi connectivity index (χ1) is 9.76. The van der Waals surface area contributed by atoms with E-state index in [0.717, 1.165) is 30.6 Å². The van der Waals surface area contributed by atoms with E-state index in [0.29, 0.717) is 6.04 Å². The third-order valence-corrected chi connectivity index (χ3v) is 4.93. The standard InChI is InChI=1S/C17H27ClN2/c1-3-20(14-8-4-5-9-14)13-12-17(19-2)15-10-6-7-11-16(15)18/h6-7,10-11,14,17,19H,3-5,8-9,12-13H2,1-2H3. The quantitative estimate of drug-likeness (QED) is 0.808. The fourth-order valence-electron chi connectivity index (χ4n) is 3.38. The minimum absolute atomic E-state index is 0.346. The maximum atomic E-state index is 6.32. The Morgan fingerprint density at radius 1 is 1.30 bits per heavy atom. The zero-order valence-corrected chi connectivity index (χ0v) is 13.5. The van der Waals surface area contributed by atoms with Crippen LogP contribution in [-0.4, -0.2) is 31.1 Å². The van der Waals surface area contributed by atoms with Crippen molar-refractivity contribution in [3.8, 4) is 0 Å². The summed E-state index contributed by atoms with van der Waals surface area (Å²) in [5, 5.41) is 4.29. The van der Waals surface area contributed by atoms with Gasteiger partial charge in [-0.2, -0.15) is 0 Å². The van der Waals surface area contributed by atoms with Gasteiger partial charge in [0.15, 0.2) is 0 Å². The molecule has 0 aliphatic heterocycles. The number of rotatable bonds is 7. The van der Waals surface area contributed by atoms with Crippen LogP contribution in [0.15, 0.2) is 24.3 Å². The summed E-state index contributed by atoms with van der Waals surface area (Å²) in [7, 11) is 2.03. The Morgan fingerprint density at radius 3 is 2.60 bits per heavy atom. The molecule has 0 amide bonds. The van der Waals surface area contributed by atoms with E-state index in [9.17, 15) is 0 Å². The SMILES string of the molecule is CCN(CCC(NC)c1ccccc1Cl)C1CCCC1. The minimum atomic E-state index is 0.346. The lowest BCUT2D eigenvalue weighted by Crippen LogP contribution is -2.35. The zero-order chi connectivity index (χ0) is 14.4. The van der Waals surface area contributed by atoms with Crippen molar-refractivity contribution >= 4 is 11.6 Å². The van der Waals surface area contributed by atoms with Crippen molar-refractivity contribution in [3.05, 3.63) is 34.9 Å². The van der Waals surface area contributed by atoms with Gasteiger partial charge < -0.3 is 10.2 Å². The van der Waals surface area contributed by atoms with Gasteiger partial charge in [-0.15, -0.1) is 0 Å². The Morgan fingerprint density at radius 2 is 2.00 bits per heavy atom. The van der Waals surface area contributed by atoms with Crippen LogP contribution in [-0.2, 0) is 0 Å². The highest BCUT2D eigenvalue weighted by Gasteiger charge is 2.22. The molecule has 2 rings (SSSR count). The van der Waals surface area contributed by atoms with Crippen LogP contribution in [0.1, 0.15) is 50.6 Å². The highest BCUT2D eigenvalue weighted by atomic mass is 35.5. The van der Waals surface area contributed by atoms with E-state index in [4.69, 9.17) is 11.6 Å². The number of nitrogens with one attached hydrogen (secondary N) is 1. The molecule has 1 fully saturated rings. The molecule has 1 aromatic rings. The topological polar surface area (TPSA) is 15.3 Å². The van der Waals surface area contributed by atoms with Gasteiger partial charge in [0, 0.05) is 23.7 Å². The molecule has 0 bridgehead atoms. The molecule has 1 saturated carbocycles. The van der Waals surface area contributed by atoms with E-state index < -0.39 is 0 Å². The number of hydrogen-bond donors (Lipinski definition) is 1. The van der Waals surface area contributed by atoms with Crippen LogP contribution in [0, 0.1) is 0 Å². The van der Waals surface area contributed by atoms with Crippen molar-refractivity contribution in [3.63, 3.8) is 0 Å². The zero-order valence-electron chi connectivity index (χ0n) is 12.7. The van der Waals surface area contributed by atoms with Crippen LogP contribution >= 0.6 is 11.6 Å². The number of halogens is 1. The van der Waals surface area contributed by atoms with E-state index in [-0.39, 0.29) is 0 Å². The average molecular weight is 295 g/mol. The predicted octanol–water partition coefficient (Wildman–Crippen LogP) is 4.26. The molecule has 2 nitrogen and oxygen atoms in total. The highest BCUT2D eigenvalue weighted by molar-refractivity contribution is 6.31. The fraction of sp³-hybridized carbons (Fsp3) is 0.647.